The van der Waals surface area contributed by atoms with Gasteiger partial charge in [0.2, 0.25) is 0 Å². The molecule has 24 heavy (non-hydrogen) atoms. The number of benzene rings is 2. The normalized spacial score (nSPS) is 10.7. The highest BCUT2D eigenvalue weighted by Gasteiger charge is 2.19. The van der Waals surface area contributed by atoms with Crippen LogP contribution in [0.5, 0.6) is 5.75 Å². The standard InChI is InChI=1S/C17H17FN2O4/c1-19(2)10-16(21)13-5-8-17(15(9-13)20(22)23)24-11-12-3-6-14(18)7-4-12/h3-9H,10-11H2,1-2H3. The lowest BCUT2D eigenvalue weighted by atomic mass is 10.1. The number of ether oxygens (including phenoxy) is 1. The third kappa shape index (κ3) is 4.60. The Balaban J connectivity index is 2.18. The third-order valence-corrected chi connectivity index (χ3v) is 3.25. The van der Waals surface area contributed by atoms with Gasteiger partial charge >= 0.3 is 5.69 Å². The first-order valence-corrected chi connectivity index (χ1v) is 7.20. The first-order chi connectivity index (χ1) is 11.4. The van der Waals surface area contributed by atoms with Crippen LogP contribution in [-0.2, 0) is 6.61 Å². The van der Waals surface area contributed by atoms with Crippen molar-refractivity contribution in [1.29, 1.82) is 0 Å². The van der Waals surface area contributed by atoms with E-state index >= 15 is 0 Å². The molecule has 0 amide bonds. The molecule has 0 saturated heterocycles. The summed E-state index contributed by atoms with van der Waals surface area (Å²) in [6.45, 7) is 0.221. The van der Waals surface area contributed by atoms with E-state index in [0.717, 1.165) is 0 Å². The quantitative estimate of drug-likeness (QED) is 0.443. The second kappa shape index (κ2) is 7.65. The topological polar surface area (TPSA) is 72.7 Å². The number of halogens is 1. The van der Waals surface area contributed by atoms with Gasteiger partial charge in [0.1, 0.15) is 12.4 Å². The van der Waals surface area contributed by atoms with Gasteiger partial charge in [0.25, 0.3) is 0 Å². The Morgan fingerprint density at radius 3 is 2.46 bits per heavy atom. The van der Waals surface area contributed by atoms with E-state index in [4.69, 9.17) is 4.74 Å². The van der Waals surface area contributed by atoms with Crippen molar-refractivity contribution in [3.05, 3.63) is 69.5 Å². The average Bonchev–Trinajstić information content (AvgIpc) is 2.53. The zero-order valence-corrected chi connectivity index (χ0v) is 13.4. The molecule has 0 atom stereocenters. The number of nitro benzene ring substituents is 1. The molecule has 2 aromatic carbocycles. The largest absolute Gasteiger partial charge is 0.482 e. The highest BCUT2D eigenvalue weighted by Crippen LogP contribution is 2.29. The van der Waals surface area contributed by atoms with Gasteiger partial charge in [-0.2, -0.15) is 0 Å². The zero-order valence-electron chi connectivity index (χ0n) is 13.4. The van der Waals surface area contributed by atoms with Gasteiger partial charge in [-0.3, -0.25) is 14.9 Å². The number of carbonyl (C=O) groups is 1. The van der Waals surface area contributed by atoms with Crippen LogP contribution in [0.2, 0.25) is 0 Å². The van der Waals surface area contributed by atoms with E-state index in [9.17, 15) is 19.3 Å². The highest BCUT2D eigenvalue weighted by molar-refractivity contribution is 5.98. The smallest absolute Gasteiger partial charge is 0.311 e. The molecule has 7 heteroatoms. The van der Waals surface area contributed by atoms with Gasteiger partial charge in [-0.15, -0.1) is 0 Å². The molecule has 0 aliphatic heterocycles. The Bertz CT molecular complexity index is 745. The Morgan fingerprint density at radius 2 is 1.88 bits per heavy atom. The second-order valence-corrected chi connectivity index (χ2v) is 5.52. The van der Waals surface area contributed by atoms with Gasteiger partial charge in [0.15, 0.2) is 11.5 Å². The van der Waals surface area contributed by atoms with Crippen LogP contribution in [0.1, 0.15) is 15.9 Å². The maximum Gasteiger partial charge on any atom is 0.311 e. The summed E-state index contributed by atoms with van der Waals surface area (Å²) in [5.41, 5.74) is 0.657. The summed E-state index contributed by atoms with van der Waals surface area (Å²) in [5.74, 6) is -0.521. The average molecular weight is 332 g/mol. The van der Waals surface area contributed by atoms with Crippen LogP contribution >= 0.6 is 0 Å². The maximum absolute atomic E-state index is 12.9. The van der Waals surface area contributed by atoms with E-state index < -0.39 is 4.92 Å². The van der Waals surface area contributed by atoms with Gasteiger partial charge in [-0.05, 0) is 43.9 Å². The maximum atomic E-state index is 12.9. The van der Waals surface area contributed by atoms with E-state index in [2.05, 4.69) is 0 Å². The molecule has 0 heterocycles. The summed E-state index contributed by atoms with van der Waals surface area (Å²) in [7, 11) is 3.49. The summed E-state index contributed by atoms with van der Waals surface area (Å²) in [4.78, 5) is 24.3. The monoisotopic (exact) mass is 332 g/mol. The number of nitrogens with zero attached hydrogens (tertiary/aromatic N) is 2. The van der Waals surface area contributed by atoms with Crippen LogP contribution in [0.25, 0.3) is 0 Å². The SMILES string of the molecule is CN(C)CC(=O)c1ccc(OCc2ccc(F)cc2)c([N+](=O)[O-])c1. The number of hydrogen-bond donors (Lipinski definition) is 0. The number of rotatable bonds is 7. The number of likely N-dealkylation sites (N-methyl/N-ethyl adjacent to an activating group) is 1. The van der Waals surface area contributed by atoms with Crippen molar-refractivity contribution in [1.82, 2.24) is 4.90 Å². The molecule has 0 aromatic heterocycles. The molecule has 0 aliphatic carbocycles. The lowest BCUT2D eigenvalue weighted by molar-refractivity contribution is -0.386. The second-order valence-electron chi connectivity index (χ2n) is 5.52. The molecule has 126 valence electrons. The predicted octanol–water partition coefficient (Wildman–Crippen LogP) is 3.06. The van der Waals surface area contributed by atoms with Gasteiger partial charge in [0, 0.05) is 11.6 Å². The fraction of sp³-hybridized carbons (Fsp3) is 0.235. The van der Waals surface area contributed by atoms with E-state index in [1.165, 1.54) is 42.5 Å². The highest BCUT2D eigenvalue weighted by atomic mass is 19.1. The van der Waals surface area contributed by atoms with E-state index in [1.54, 1.807) is 19.0 Å². The Hall–Kier alpha value is -2.80. The molecule has 0 saturated carbocycles. The van der Waals surface area contributed by atoms with Crippen LogP contribution in [0, 0.1) is 15.9 Å². The van der Waals surface area contributed by atoms with Crippen LogP contribution in [-0.4, -0.2) is 36.2 Å². The fourth-order valence-electron chi connectivity index (χ4n) is 2.08. The van der Waals surface area contributed by atoms with E-state index in [1.807, 2.05) is 0 Å². The molecular weight excluding hydrogens is 315 g/mol. The molecule has 6 nitrogen and oxygen atoms in total. The third-order valence-electron chi connectivity index (χ3n) is 3.25. The van der Waals surface area contributed by atoms with Crippen molar-refractivity contribution in [3.63, 3.8) is 0 Å². The Labute approximate surface area is 138 Å². The van der Waals surface area contributed by atoms with Crippen LogP contribution in [0.3, 0.4) is 0 Å². The molecule has 0 spiro atoms. The Morgan fingerprint density at radius 1 is 1.21 bits per heavy atom. The number of nitro groups is 1. The number of Topliss-reactive ketones (excluding diaryl/α,β-unsaturated/α-hetero) is 1. The van der Waals surface area contributed by atoms with E-state index in [0.29, 0.717) is 5.56 Å². The number of ketones is 1. The summed E-state index contributed by atoms with van der Waals surface area (Å²) in [6.07, 6.45) is 0. The van der Waals surface area contributed by atoms with Crippen LogP contribution < -0.4 is 4.74 Å². The van der Waals surface area contributed by atoms with Crippen molar-refractivity contribution < 1.29 is 18.8 Å². The first-order valence-electron chi connectivity index (χ1n) is 7.20. The summed E-state index contributed by atoms with van der Waals surface area (Å²) in [5, 5.41) is 11.2. The van der Waals surface area contributed by atoms with Gasteiger partial charge in [-0.1, -0.05) is 12.1 Å². The molecule has 2 aromatic rings. The molecule has 0 aliphatic rings. The molecular formula is C17H17FN2O4. The molecule has 0 radical (unpaired) electrons. The Kier molecular flexibility index (Phi) is 5.59. The molecule has 0 fully saturated rings. The summed E-state index contributed by atoms with van der Waals surface area (Å²) < 4.78 is 18.3. The predicted molar refractivity (Wildman–Crippen MR) is 86.7 cm³/mol. The minimum atomic E-state index is -0.591. The lowest BCUT2D eigenvalue weighted by Crippen LogP contribution is -2.21. The molecule has 2 rings (SSSR count). The molecule has 0 N–H and O–H groups in total. The van der Waals surface area contributed by atoms with E-state index in [-0.39, 0.29) is 41.8 Å². The van der Waals surface area contributed by atoms with Gasteiger partial charge in [0.05, 0.1) is 11.5 Å². The zero-order chi connectivity index (χ0) is 17.7. The molecule has 0 unspecified atom stereocenters. The number of carbonyl (C=O) groups excluding carboxylic acids is 1. The van der Waals surface area contributed by atoms with Crippen molar-refractivity contribution in [2.75, 3.05) is 20.6 Å². The lowest BCUT2D eigenvalue weighted by Gasteiger charge is -2.10. The molecule has 0 bridgehead atoms. The fourth-order valence-corrected chi connectivity index (χ4v) is 2.08. The number of hydrogen-bond acceptors (Lipinski definition) is 5. The minimum absolute atomic E-state index is 0.0609. The van der Waals surface area contributed by atoms with Crippen molar-refractivity contribution in [2.45, 2.75) is 6.61 Å². The van der Waals surface area contributed by atoms with Crippen LogP contribution in [0.15, 0.2) is 42.5 Å². The minimum Gasteiger partial charge on any atom is -0.482 e. The summed E-state index contributed by atoms with van der Waals surface area (Å²) >= 11 is 0. The van der Waals surface area contributed by atoms with Crippen molar-refractivity contribution >= 4 is 11.5 Å². The van der Waals surface area contributed by atoms with Gasteiger partial charge < -0.3 is 9.64 Å². The van der Waals surface area contributed by atoms with Gasteiger partial charge in [-0.25, -0.2) is 4.39 Å². The first kappa shape index (κ1) is 17.6. The summed E-state index contributed by atoms with van der Waals surface area (Å²) in [6, 6.07) is 9.77. The van der Waals surface area contributed by atoms with Crippen LogP contribution in [0.4, 0.5) is 10.1 Å². The van der Waals surface area contributed by atoms with Crippen molar-refractivity contribution in [3.8, 4) is 5.75 Å². The van der Waals surface area contributed by atoms with Crippen molar-refractivity contribution in [2.24, 2.45) is 0 Å².